The van der Waals surface area contributed by atoms with Crippen molar-refractivity contribution in [3.05, 3.63) is 78.9 Å². The summed E-state index contributed by atoms with van der Waals surface area (Å²) in [6.07, 6.45) is 5.35. The Balaban J connectivity index is 0.00000150. The van der Waals surface area contributed by atoms with Gasteiger partial charge in [-0.1, -0.05) is 18.2 Å². The molecule has 162 valence electrons. The van der Waals surface area contributed by atoms with Crippen molar-refractivity contribution in [3.63, 3.8) is 0 Å². The lowest BCUT2D eigenvalue weighted by Gasteiger charge is -2.35. The minimum Gasteiger partial charge on any atom is -0.369 e. The molecule has 4 rings (SSSR count). The number of nitrogens with one attached hydrogen (secondary N) is 2. The molecule has 3 aromatic rings. The first kappa shape index (κ1) is 25.8. The molecule has 1 aliphatic rings. The molecular weight excluding hydrogens is 445 g/mol. The van der Waals surface area contributed by atoms with Gasteiger partial charge in [0.05, 0.1) is 6.33 Å². The second-order valence-corrected chi connectivity index (χ2v) is 6.66. The Morgan fingerprint density at radius 1 is 1.03 bits per heavy atom. The summed E-state index contributed by atoms with van der Waals surface area (Å²) < 4.78 is 1.91. The highest BCUT2D eigenvalue weighted by molar-refractivity contribution is 5.94. The normalized spacial score (nSPS) is 15.2. The maximum atomic E-state index is 12.5. The highest BCUT2D eigenvalue weighted by atomic mass is 35.5. The fourth-order valence-electron chi connectivity index (χ4n) is 3.35. The molecule has 6 nitrogen and oxygen atoms in total. The van der Waals surface area contributed by atoms with E-state index in [-0.39, 0.29) is 49.2 Å². The van der Waals surface area contributed by atoms with Crippen LogP contribution in [-0.2, 0) is 0 Å². The van der Waals surface area contributed by atoms with Crippen molar-refractivity contribution in [3.8, 4) is 5.69 Å². The highest BCUT2D eigenvalue weighted by Gasteiger charge is 2.20. The highest BCUT2D eigenvalue weighted by Crippen LogP contribution is 2.15. The van der Waals surface area contributed by atoms with Crippen LogP contribution < -0.4 is 15.5 Å². The Morgan fingerprint density at radius 3 is 2.43 bits per heavy atom. The third-order valence-corrected chi connectivity index (χ3v) is 4.82. The zero-order valence-electron chi connectivity index (χ0n) is 16.3. The van der Waals surface area contributed by atoms with Gasteiger partial charge in [-0.25, -0.2) is 4.98 Å². The lowest BCUT2D eigenvalue weighted by atomic mass is 10.1. The van der Waals surface area contributed by atoms with E-state index in [1.807, 2.05) is 41.1 Å². The van der Waals surface area contributed by atoms with E-state index in [9.17, 15) is 4.79 Å². The van der Waals surface area contributed by atoms with Crippen LogP contribution in [0.1, 0.15) is 10.4 Å². The molecule has 0 spiro atoms. The number of amides is 1. The SMILES string of the molecule is Cl.Cl.Cl.O=C(NCC1CN(c2ccccc2)CCN1)c1ccc(-n2ccnc2)cc1. The maximum Gasteiger partial charge on any atom is 0.251 e. The number of aromatic nitrogens is 2. The Labute approximate surface area is 195 Å². The molecule has 1 unspecified atom stereocenters. The minimum absolute atomic E-state index is 0. The molecule has 2 heterocycles. The van der Waals surface area contributed by atoms with E-state index in [2.05, 4.69) is 44.8 Å². The molecule has 2 N–H and O–H groups in total. The summed E-state index contributed by atoms with van der Waals surface area (Å²) in [6.45, 7) is 3.37. The van der Waals surface area contributed by atoms with Crippen LogP contribution in [0, 0.1) is 0 Å². The predicted molar refractivity (Wildman–Crippen MR) is 128 cm³/mol. The number of imidazole rings is 1. The number of piperazine rings is 1. The average molecular weight is 471 g/mol. The van der Waals surface area contributed by atoms with Gasteiger partial charge in [-0.3, -0.25) is 4.79 Å². The second kappa shape index (κ2) is 12.4. The van der Waals surface area contributed by atoms with E-state index >= 15 is 0 Å². The molecule has 2 aromatic carbocycles. The molecule has 1 aliphatic heterocycles. The standard InChI is InChI=1S/C21H23N5O.3ClH/c27-21(17-6-8-20(9-7-17)26-12-10-22-16-26)24-14-18-15-25(13-11-23-18)19-4-2-1-3-5-19;;;/h1-10,12,16,18,23H,11,13-15H2,(H,24,27);3*1H. The molecule has 1 amide bonds. The first-order valence-corrected chi connectivity index (χ1v) is 9.19. The van der Waals surface area contributed by atoms with Crippen LogP contribution in [-0.4, -0.2) is 47.7 Å². The number of hydrogen-bond acceptors (Lipinski definition) is 4. The topological polar surface area (TPSA) is 62.2 Å². The van der Waals surface area contributed by atoms with Gasteiger partial charge in [0, 0.05) is 61.6 Å². The van der Waals surface area contributed by atoms with Gasteiger partial charge in [0.15, 0.2) is 0 Å². The minimum atomic E-state index is -0.0502. The number of nitrogens with zero attached hydrogens (tertiary/aromatic N) is 3. The van der Waals surface area contributed by atoms with Crippen LogP contribution in [0.2, 0.25) is 0 Å². The fourth-order valence-corrected chi connectivity index (χ4v) is 3.35. The molecule has 0 bridgehead atoms. The van der Waals surface area contributed by atoms with E-state index in [1.54, 1.807) is 12.5 Å². The van der Waals surface area contributed by atoms with Crippen LogP contribution in [0.5, 0.6) is 0 Å². The molecule has 0 radical (unpaired) electrons. The van der Waals surface area contributed by atoms with Gasteiger partial charge in [0.25, 0.3) is 5.91 Å². The number of halogens is 3. The van der Waals surface area contributed by atoms with Crippen LogP contribution in [0.25, 0.3) is 5.69 Å². The van der Waals surface area contributed by atoms with Gasteiger partial charge >= 0.3 is 0 Å². The van der Waals surface area contributed by atoms with E-state index in [0.29, 0.717) is 12.1 Å². The van der Waals surface area contributed by atoms with Crippen molar-refractivity contribution in [2.45, 2.75) is 6.04 Å². The molecule has 0 saturated carbocycles. The smallest absolute Gasteiger partial charge is 0.251 e. The van der Waals surface area contributed by atoms with Crippen LogP contribution in [0.4, 0.5) is 5.69 Å². The van der Waals surface area contributed by atoms with E-state index in [4.69, 9.17) is 0 Å². The summed E-state index contributed by atoms with van der Waals surface area (Å²) in [7, 11) is 0. The summed E-state index contributed by atoms with van der Waals surface area (Å²) in [4.78, 5) is 18.9. The molecular formula is C21H26Cl3N5O. The number of benzene rings is 2. The van der Waals surface area contributed by atoms with Crippen molar-refractivity contribution in [2.75, 3.05) is 31.1 Å². The van der Waals surface area contributed by atoms with Crippen LogP contribution in [0.3, 0.4) is 0 Å². The van der Waals surface area contributed by atoms with Crippen molar-refractivity contribution in [2.24, 2.45) is 0 Å². The van der Waals surface area contributed by atoms with Gasteiger partial charge in [0.2, 0.25) is 0 Å². The Hall–Kier alpha value is -2.25. The predicted octanol–water partition coefficient (Wildman–Crippen LogP) is 3.35. The summed E-state index contributed by atoms with van der Waals surface area (Å²) in [5.41, 5.74) is 2.87. The Kier molecular flexibility index (Phi) is 10.7. The van der Waals surface area contributed by atoms with E-state index < -0.39 is 0 Å². The summed E-state index contributed by atoms with van der Waals surface area (Å²) in [5.74, 6) is -0.0502. The van der Waals surface area contributed by atoms with Crippen molar-refractivity contribution >= 4 is 48.8 Å². The van der Waals surface area contributed by atoms with Gasteiger partial charge < -0.3 is 20.1 Å². The lowest BCUT2D eigenvalue weighted by molar-refractivity contribution is 0.0949. The van der Waals surface area contributed by atoms with Gasteiger partial charge in [-0.2, -0.15) is 0 Å². The molecule has 9 heteroatoms. The van der Waals surface area contributed by atoms with Gasteiger partial charge in [-0.05, 0) is 36.4 Å². The summed E-state index contributed by atoms with van der Waals surface area (Å²) in [6, 6.07) is 18.2. The van der Waals surface area contributed by atoms with Gasteiger partial charge in [-0.15, -0.1) is 37.2 Å². The quantitative estimate of drug-likeness (QED) is 0.600. The maximum absolute atomic E-state index is 12.5. The van der Waals surface area contributed by atoms with Crippen molar-refractivity contribution in [1.82, 2.24) is 20.2 Å². The molecule has 0 aliphatic carbocycles. The summed E-state index contributed by atoms with van der Waals surface area (Å²) >= 11 is 0. The van der Waals surface area contributed by atoms with Crippen molar-refractivity contribution in [1.29, 1.82) is 0 Å². The third-order valence-electron chi connectivity index (χ3n) is 4.82. The molecule has 1 saturated heterocycles. The van der Waals surface area contributed by atoms with Crippen LogP contribution >= 0.6 is 37.2 Å². The fraction of sp³-hybridized carbons (Fsp3) is 0.238. The molecule has 30 heavy (non-hydrogen) atoms. The molecule has 1 aromatic heterocycles. The number of carbonyl (C=O) groups excluding carboxylic acids is 1. The van der Waals surface area contributed by atoms with Gasteiger partial charge in [0.1, 0.15) is 0 Å². The van der Waals surface area contributed by atoms with E-state index in [0.717, 1.165) is 25.3 Å². The van der Waals surface area contributed by atoms with E-state index in [1.165, 1.54) is 5.69 Å². The largest absolute Gasteiger partial charge is 0.369 e. The monoisotopic (exact) mass is 469 g/mol. The van der Waals surface area contributed by atoms with Crippen molar-refractivity contribution < 1.29 is 4.79 Å². The number of para-hydroxylation sites is 1. The zero-order valence-corrected chi connectivity index (χ0v) is 18.8. The first-order valence-electron chi connectivity index (χ1n) is 9.19. The number of rotatable bonds is 5. The molecule has 1 atom stereocenters. The zero-order chi connectivity index (χ0) is 18.5. The third kappa shape index (κ3) is 6.37. The second-order valence-electron chi connectivity index (χ2n) is 6.66. The summed E-state index contributed by atoms with van der Waals surface area (Å²) in [5, 5.41) is 6.53. The first-order chi connectivity index (χ1) is 13.3. The molecule has 1 fully saturated rings. The lowest BCUT2D eigenvalue weighted by Crippen LogP contribution is -2.55. The Morgan fingerprint density at radius 2 is 1.77 bits per heavy atom. The number of anilines is 1. The van der Waals surface area contributed by atoms with Crippen LogP contribution in [0.15, 0.2) is 73.3 Å². The number of carbonyl (C=O) groups is 1. The number of hydrogen-bond donors (Lipinski definition) is 2. The Bertz CT molecular complexity index is 875. The average Bonchev–Trinajstić information content (AvgIpc) is 3.28.